The Morgan fingerprint density at radius 3 is 2.44 bits per heavy atom. The second-order valence-corrected chi connectivity index (χ2v) is 12.0. The topological polar surface area (TPSA) is 126 Å². The van der Waals surface area contributed by atoms with Gasteiger partial charge >= 0.3 is 12.0 Å². The van der Waals surface area contributed by atoms with Crippen molar-refractivity contribution in [1.82, 2.24) is 9.80 Å². The van der Waals surface area contributed by atoms with Crippen molar-refractivity contribution in [2.45, 2.75) is 32.0 Å². The van der Waals surface area contributed by atoms with Gasteiger partial charge in [-0.3, -0.25) is 4.79 Å². The third-order valence-electron chi connectivity index (χ3n) is 7.52. The van der Waals surface area contributed by atoms with Gasteiger partial charge in [0.15, 0.2) is 0 Å². The molecule has 2 aliphatic rings. The minimum Gasteiger partial charge on any atom is -0.422 e. The van der Waals surface area contributed by atoms with E-state index in [0.717, 1.165) is 60.5 Å². The summed E-state index contributed by atoms with van der Waals surface area (Å²) in [4.78, 5) is 32.3. The van der Waals surface area contributed by atoms with Crippen LogP contribution in [-0.2, 0) is 28.7 Å². The lowest BCUT2D eigenvalue weighted by Crippen LogP contribution is -2.44. The summed E-state index contributed by atoms with van der Waals surface area (Å²) in [5, 5.41) is 5.78. The van der Waals surface area contributed by atoms with Gasteiger partial charge in [-0.2, -0.15) is 0 Å². The van der Waals surface area contributed by atoms with Gasteiger partial charge in [-0.05, 0) is 50.2 Å². The maximum Gasteiger partial charge on any atom is 0.573 e. The SMILES string of the molecule is Cc1c(N2CCN(C)CC2)ccc2c3c(c(=O)oc12)CN(C(=O)c1ccc(CS(N)(=O)=O)c(OC(F)(F)F)c1)CC3. The minimum atomic E-state index is -5.12. The molecule has 41 heavy (non-hydrogen) atoms. The van der Waals surface area contributed by atoms with Crippen molar-refractivity contribution in [3.05, 3.63) is 68.6 Å². The number of carbonyl (C=O) groups excluding carboxylic acids is 1. The smallest absolute Gasteiger partial charge is 0.422 e. The van der Waals surface area contributed by atoms with E-state index in [1.165, 1.54) is 11.0 Å². The lowest BCUT2D eigenvalue weighted by Gasteiger charge is -2.35. The molecule has 10 nitrogen and oxygen atoms in total. The maximum absolute atomic E-state index is 13.3. The second kappa shape index (κ2) is 10.7. The number of fused-ring (bicyclic) bond motifs is 3. The first-order valence-electron chi connectivity index (χ1n) is 12.9. The van der Waals surface area contributed by atoms with E-state index in [0.29, 0.717) is 17.6 Å². The highest BCUT2D eigenvalue weighted by atomic mass is 32.2. The molecular weight excluding hydrogens is 565 g/mol. The number of anilines is 1. The zero-order valence-electron chi connectivity index (χ0n) is 22.5. The van der Waals surface area contributed by atoms with Crippen LogP contribution < -0.4 is 20.4 Å². The number of nitrogens with two attached hydrogens (primary N) is 1. The van der Waals surface area contributed by atoms with Gasteiger partial charge in [0.25, 0.3) is 5.91 Å². The van der Waals surface area contributed by atoms with Crippen molar-refractivity contribution in [3.63, 3.8) is 0 Å². The molecule has 5 rings (SSSR count). The van der Waals surface area contributed by atoms with Crippen LogP contribution in [0.5, 0.6) is 5.75 Å². The number of sulfonamides is 1. The van der Waals surface area contributed by atoms with Crippen molar-refractivity contribution in [2.24, 2.45) is 5.14 Å². The Morgan fingerprint density at radius 1 is 1.07 bits per heavy atom. The monoisotopic (exact) mass is 594 g/mol. The Hall–Kier alpha value is -3.62. The first-order chi connectivity index (χ1) is 19.2. The van der Waals surface area contributed by atoms with Crippen molar-refractivity contribution >= 4 is 32.6 Å². The number of alkyl halides is 3. The molecule has 1 fully saturated rings. The Morgan fingerprint density at radius 2 is 1.78 bits per heavy atom. The first kappa shape index (κ1) is 28.9. The van der Waals surface area contributed by atoms with Crippen LogP contribution in [0, 0.1) is 6.92 Å². The van der Waals surface area contributed by atoms with Gasteiger partial charge in [0.1, 0.15) is 11.3 Å². The van der Waals surface area contributed by atoms with Crippen LogP contribution in [0.3, 0.4) is 0 Å². The molecule has 0 unspecified atom stereocenters. The van der Waals surface area contributed by atoms with Crippen molar-refractivity contribution < 1.29 is 35.5 Å². The quantitative estimate of drug-likeness (QED) is 0.447. The van der Waals surface area contributed by atoms with Gasteiger partial charge in [0.05, 0.1) is 17.9 Å². The molecule has 220 valence electrons. The Bertz CT molecular complexity index is 1680. The lowest BCUT2D eigenvalue weighted by atomic mass is 9.95. The van der Waals surface area contributed by atoms with Crippen LogP contribution in [0.15, 0.2) is 39.5 Å². The lowest BCUT2D eigenvalue weighted by molar-refractivity contribution is -0.274. The summed E-state index contributed by atoms with van der Waals surface area (Å²) in [6.07, 6.45) is -4.78. The van der Waals surface area contributed by atoms with E-state index in [9.17, 15) is 31.2 Å². The molecule has 0 atom stereocenters. The molecule has 2 aromatic carbocycles. The van der Waals surface area contributed by atoms with Gasteiger partial charge < -0.3 is 23.9 Å². The number of halogens is 3. The maximum atomic E-state index is 13.3. The molecule has 3 aromatic rings. The molecular formula is C27H29F3N4O6S. The number of ether oxygens (including phenoxy) is 1. The largest absolute Gasteiger partial charge is 0.573 e. The number of nitrogens with zero attached hydrogens (tertiary/aromatic N) is 3. The van der Waals surface area contributed by atoms with Crippen LogP contribution in [0.25, 0.3) is 11.0 Å². The normalized spacial score (nSPS) is 16.6. The predicted molar refractivity (Wildman–Crippen MR) is 145 cm³/mol. The molecule has 0 spiro atoms. The number of piperazine rings is 1. The third-order valence-corrected chi connectivity index (χ3v) is 8.23. The van der Waals surface area contributed by atoms with Gasteiger partial charge in [0, 0.05) is 60.5 Å². The highest BCUT2D eigenvalue weighted by Crippen LogP contribution is 2.34. The summed E-state index contributed by atoms with van der Waals surface area (Å²) in [5.41, 5.74) is 2.37. The average Bonchev–Trinajstić information content (AvgIpc) is 2.89. The summed E-state index contributed by atoms with van der Waals surface area (Å²) in [6.45, 7) is 5.59. The molecule has 2 aliphatic heterocycles. The Kier molecular flexibility index (Phi) is 7.51. The second-order valence-electron chi connectivity index (χ2n) is 10.4. The number of primary sulfonamides is 1. The molecule has 0 bridgehead atoms. The van der Waals surface area contributed by atoms with Crippen LogP contribution >= 0.6 is 0 Å². The van der Waals surface area contributed by atoms with Gasteiger partial charge in [-0.25, -0.2) is 18.4 Å². The standard InChI is InChI=1S/C27H29F3N4O6S/c1-16-22(33-11-9-32(2)10-12-33)6-5-20-19-7-8-34(14-21(19)26(36)39-24(16)20)25(35)17-3-4-18(15-41(31,37)38)23(13-17)40-27(28,29)30/h3-6,13H,7-12,14-15H2,1-2H3,(H2,31,37,38). The molecule has 3 heterocycles. The Labute approximate surface area is 234 Å². The van der Waals surface area contributed by atoms with E-state index < -0.39 is 39.4 Å². The average molecular weight is 595 g/mol. The number of amides is 1. The van der Waals surface area contributed by atoms with E-state index in [1.807, 2.05) is 19.1 Å². The number of carbonyl (C=O) groups is 1. The molecule has 0 radical (unpaired) electrons. The van der Waals surface area contributed by atoms with E-state index in [-0.39, 0.29) is 24.2 Å². The summed E-state index contributed by atoms with van der Waals surface area (Å²) in [5.74, 6) is -2.40. The summed E-state index contributed by atoms with van der Waals surface area (Å²) >= 11 is 0. The van der Waals surface area contributed by atoms with Crippen LogP contribution in [0.4, 0.5) is 18.9 Å². The molecule has 0 saturated carbocycles. The zero-order chi connectivity index (χ0) is 29.7. The molecule has 0 aliphatic carbocycles. The fourth-order valence-corrected chi connectivity index (χ4v) is 6.11. The molecule has 14 heteroatoms. The summed E-state index contributed by atoms with van der Waals surface area (Å²) in [6, 6.07) is 7.04. The summed E-state index contributed by atoms with van der Waals surface area (Å²) in [7, 11) is -2.10. The minimum absolute atomic E-state index is 0.0971. The van der Waals surface area contributed by atoms with Crippen LogP contribution in [0.2, 0.25) is 0 Å². The van der Waals surface area contributed by atoms with Gasteiger partial charge in [0.2, 0.25) is 10.0 Å². The predicted octanol–water partition coefficient (Wildman–Crippen LogP) is 2.74. The van der Waals surface area contributed by atoms with E-state index in [1.54, 1.807) is 0 Å². The number of hydrogen-bond acceptors (Lipinski definition) is 8. The number of hydrogen-bond donors (Lipinski definition) is 1. The summed E-state index contributed by atoms with van der Waals surface area (Å²) < 4.78 is 71.7. The highest BCUT2D eigenvalue weighted by molar-refractivity contribution is 7.88. The molecule has 2 N–H and O–H groups in total. The third kappa shape index (κ3) is 6.19. The number of likely N-dealkylation sites (N-methyl/N-ethyl adjacent to an activating group) is 1. The van der Waals surface area contributed by atoms with Crippen molar-refractivity contribution in [2.75, 3.05) is 44.7 Å². The number of rotatable bonds is 5. The fraction of sp³-hybridized carbons (Fsp3) is 0.407. The van der Waals surface area contributed by atoms with Crippen LogP contribution in [-0.4, -0.2) is 70.3 Å². The van der Waals surface area contributed by atoms with Gasteiger partial charge in [-0.1, -0.05) is 6.07 Å². The molecule has 1 amide bonds. The molecule has 1 aromatic heterocycles. The zero-order valence-corrected chi connectivity index (χ0v) is 23.3. The van der Waals surface area contributed by atoms with Crippen molar-refractivity contribution in [1.29, 1.82) is 0 Å². The van der Waals surface area contributed by atoms with Gasteiger partial charge in [-0.15, -0.1) is 13.2 Å². The van der Waals surface area contributed by atoms with E-state index in [2.05, 4.69) is 21.6 Å². The highest BCUT2D eigenvalue weighted by Gasteiger charge is 2.34. The number of benzene rings is 2. The molecule has 1 saturated heterocycles. The van der Waals surface area contributed by atoms with E-state index >= 15 is 0 Å². The van der Waals surface area contributed by atoms with E-state index in [4.69, 9.17) is 9.56 Å². The van der Waals surface area contributed by atoms with Crippen molar-refractivity contribution in [3.8, 4) is 5.75 Å². The number of aryl methyl sites for hydroxylation is 1. The Balaban J connectivity index is 1.44. The first-order valence-corrected chi connectivity index (χ1v) is 14.6. The van der Waals surface area contributed by atoms with Crippen LogP contribution in [0.1, 0.15) is 32.6 Å². The fourth-order valence-electron chi connectivity index (χ4n) is 5.44.